The number of anilines is 1. The van der Waals surface area contributed by atoms with Gasteiger partial charge in [-0.15, -0.1) is 0 Å². The number of morpholine rings is 1. The van der Waals surface area contributed by atoms with Gasteiger partial charge in [-0.05, 0) is 48.0 Å². The Morgan fingerprint density at radius 2 is 1.65 bits per heavy atom. The van der Waals surface area contributed by atoms with Crippen molar-refractivity contribution in [2.75, 3.05) is 31.6 Å². The smallest absolute Gasteiger partial charge is 0.378 e. The Bertz CT molecular complexity index is 1400. The van der Waals surface area contributed by atoms with Gasteiger partial charge in [-0.3, -0.25) is 14.6 Å². The van der Waals surface area contributed by atoms with Crippen molar-refractivity contribution >= 4 is 35.3 Å². The molecular weight excluding hydrogens is 560 g/mol. The molecule has 3 aromatic rings. The molecule has 6 nitrogen and oxygen atoms in total. The maximum absolute atomic E-state index is 14.2. The number of nitrogens with one attached hydrogen (secondary N) is 1. The molecule has 0 saturated carbocycles. The van der Waals surface area contributed by atoms with Crippen molar-refractivity contribution in [2.24, 2.45) is 0 Å². The third-order valence-electron chi connectivity index (χ3n) is 5.71. The van der Waals surface area contributed by atoms with Gasteiger partial charge in [-0.2, -0.15) is 26.3 Å². The molecule has 2 aromatic carbocycles. The average molecular weight is 582 g/mol. The molecule has 1 aliphatic heterocycles. The minimum absolute atomic E-state index is 0.102. The second-order valence-corrected chi connectivity index (χ2v) is 9.58. The van der Waals surface area contributed by atoms with Gasteiger partial charge in [0, 0.05) is 40.8 Å². The maximum atomic E-state index is 14.2. The number of alkyl halides is 6. The van der Waals surface area contributed by atoms with E-state index in [0.29, 0.717) is 11.8 Å². The van der Waals surface area contributed by atoms with E-state index in [1.807, 2.05) is 0 Å². The highest BCUT2D eigenvalue weighted by Gasteiger charge is 2.46. The van der Waals surface area contributed by atoms with Crippen molar-refractivity contribution in [3.63, 3.8) is 0 Å². The fourth-order valence-electron chi connectivity index (χ4n) is 3.92. The molecular formula is C27H21F6N3O3S. The second kappa shape index (κ2) is 12.1. The molecule has 1 fully saturated rings. The number of amides is 2. The average Bonchev–Trinajstić information content (AvgIpc) is 2.92. The molecule has 13 heteroatoms. The molecule has 0 aliphatic carbocycles. The van der Waals surface area contributed by atoms with E-state index >= 15 is 0 Å². The van der Waals surface area contributed by atoms with Gasteiger partial charge in [0.05, 0.1) is 24.3 Å². The van der Waals surface area contributed by atoms with Crippen LogP contribution in [0.25, 0.3) is 6.08 Å². The zero-order valence-corrected chi connectivity index (χ0v) is 21.4. The summed E-state index contributed by atoms with van der Waals surface area (Å²) in [6.45, 7) is 0.956. The van der Waals surface area contributed by atoms with Gasteiger partial charge in [-0.1, -0.05) is 30.0 Å². The van der Waals surface area contributed by atoms with Crippen LogP contribution in [0.2, 0.25) is 0 Å². The number of aromatic nitrogens is 1. The number of halogens is 6. The highest BCUT2D eigenvalue weighted by atomic mass is 32.2. The number of nitrogens with zero attached hydrogens (tertiary/aromatic N) is 2. The molecule has 0 spiro atoms. The summed E-state index contributed by atoms with van der Waals surface area (Å²) in [5.74, 6) is -1.20. The normalized spacial score (nSPS) is 14.4. The van der Waals surface area contributed by atoms with Gasteiger partial charge in [-0.25, -0.2) is 0 Å². The van der Waals surface area contributed by atoms with Crippen LogP contribution in [-0.4, -0.2) is 48.0 Å². The summed E-state index contributed by atoms with van der Waals surface area (Å²) in [6, 6.07) is 12.2. The fraction of sp³-hybridized carbons (Fsp3) is 0.222. The van der Waals surface area contributed by atoms with Crippen molar-refractivity contribution in [3.8, 4) is 0 Å². The number of hydrogen-bond donors (Lipinski definition) is 1. The number of ether oxygens (including phenoxy) is 1. The first-order valence-corrected chi connectivity index (χ1v) is 12.6. The van der Waals surface area contributed by atoms with Gasteiger partial charge in [0.15, 0.2) is 0 Å². The van der Waals surface area contributed by atoms with Crippen molar-refractivity contribution in [3.05, 3.63) is 89.3 Å². The standard InChI is InChI=1S/C27H21F6N3O3S/c28-26(29,30)23-17(8-10-22(37)36-12-14-39-15-13-36)7-9-21(24(23)27(31,32)33)40-19-5-3-4-18(16-19)35-25(38)20-6-1-2-11-34-20/h1-11,16H,12-15H2,(H,35,38). The SMILES string of the molecule is O=C(Nc1cccc(Sc2ccc(C=CC(=O)N3CCOCC3)c(C(F)(F)F)c2C(F)(F)F)c1)c1ccccn1. The van der Waals surface area contributed by atoms with E-state index < -0.39 is 45.8 Å². The summed E-state index contributed by atoms with van der Waals surface area (Å²) in [6.07, 6.45) is -7.75. The van der Waals surface area contributed by atoms with Crippen LogP contribution in [0.1, 0.15) is 27.2 Å². The van der Waals surface area contributed by atoms with E-state index in [-0.39, 0.29) is 42.6 Å². The molecule has 40 heavy (non-hydrogen) atoms. The first-order chi connectivity index (χ1) is 18.9. The van der Waals surface area contributed by atoms with E-state index in [1.165, 1.54) is 41.4 Å². The summed E-state index contributed by atoms with van der Waals surface area (Å²) >= 11 is 0.464. The van der Waals surface area contributed by atoms with Crippen LogP contribution in [0.4, 0.5) is 32.0 Å². The zero-order valence-electron chi connectivity index (χ0n) is 20.6. The molecule has 1 saturated heterocycles. The van der Waals surface area contributed by atoms with Gasteiger partial charge >= 0.3 is 12.4 Å². The largest absolute Gasteiger partial charge is 0.418 e. The summed E-state index contributed by atoms with van der Waals surface area (Å²) in [7, 11) is 0. The molecule has 0 bridgehead atoms. The highest BCUT2D eigenvalue weighted by Crippen LogP contribution is 2.48. The third kappa shape index (κ3) is 7.21. The van der Waals surface area contributed by atoms with Crippen molar-refractivity contribution in [2.45, 2.75) is 22.1 Å². The molecule has 2 heterocycles. The number of pyridine rings is 1. The van der Waals surface area contributed by atoms with Gasteiger partial charge in [0.1, 0.15) is 5.69 Å². The zero-order chi connectivity index (χ0) is 28.9. The van der Waals surface area contributed by atoms with Crippen molar-refractivity contribution in [1.82, 2.24) is 9.88 Å². The topological polar surface area (TPSA) is 71.5 Å². The van der Waals surface area contributed by atoms with Crippen LogP contribution in [0.3, 0.4) is 0 Å². The van der Waals surface area contributed by atoms with Gasteiger partial charge in [0.25, 0.3) is 5.91 Å². The fourth-order valence-corrected chi connectivity index (χ4v) is 4.96. The van der Waals surface area contributed by atoms with E-state index in [9.17, 15) is 35.9 Å². The van der Waals surface area contributed by atoms with Crippen LogP contribution >= 0.6 is 11.8 Å². The lowest BCUT2D eigenvalue weighted by atomic mass is 9.99. The number of benzene rings is 2. The van der Waals surface area contributed by atoms with Gasteiger partial charge in [0.2, 0.25) is 5.91 Å². The van der Waals surface area contributed by atoms with E-state index in [4.69, 9.17) is 4.74 Å². The predicted octanol–water partition coefficient (Wildman–Crippen LogP) is 6.39. The lowest BCUT2D eigenvalue weighted by molar-refractivity contribution is -0.163. The summed E-state index contributed by atoms with van der Waals surface area (Å²) in [5, 5.41) is 2.56. The lowest BCUT2D eigenvalue weighted by Gasteiger charge is -2.25. The monoisotopic (exact) mass is 581 g/mol. The lowest BCUT2D eigenvalue weighted by Crippen LogP contribution is -2.39. The van der Waals surface area contributed by atoms with Crippen LogP contribution in [-0.2, 0) is 21.9 Å². The van der Waals surface area contributed by atoms with Crippen LogP contribution in [0.15, 0.2) is 76.7 Å². The Hall–Kier alpha value is -3.84. The van der Waals surface area contributed by atoms with Crippen molar-refractivity contribution in [1.29, 1.82) is 0 Å². The summed E-state index contributed by atoms with van der Waals surface area (Å²) < 4.78 is 89.9. The third-order valence-corrected chi connectivity index (χ3v) is 6.76. The highest BCUT2D eigenvalue weighted by molar-refractivity contribution is 7.99. The van der Waals surface area contributed by atoms with Crippen LogP contribution in [0, 0.1) is 0 Å². The molecule has 210 valence electrons. The molecule has 1 N–H and O–H groups in total. The Labute approximate surface area is 229 Å². The molecule has 4 rings (SSSR count). The quantitative estimate of drug-likeness (QED) is 0.270. The Kier molecular flexibility index (Phi) is 8.84. The van der Waals surface area contributed by atoms with Crippen LogP contribution in [0.5, 0.6) is 0 Å². The number of carbonyl (C=O) groups is 2. The molecule has 1 aliphatic rings. The van der Waals surface area contributed by atoms with E-state index in [0.717, 1.165) is 24.3 Å². The number of hydrogen-bond acceptors (Lipinski definition) is 5. The van der Waals surface area contributed by atoms with E-state index in [2.05, 4.69) is 10.3 Å². The van der Waals surface area contributed by atoms with Gasteiger partial charge < -0.3 is 15.0 Å². The summed E-state index contributed by atoms with van der Waals surface area (Å²) in [5.41, 5.74) is -4.23. The summed E-state index contributed by atoms with van der Waals surface area (Å²) in [4.78, 5) is 29.5. The minimum atomic E-state index is -5.37. The number of rotatable bonds is 6. The second-order valence-electron chi connectivity index (χ2n) is 8.47. The van der Waals surface area contributed by atoms with Crippen LogP contribution < -0.4 is 5.32 Å². The Balaban J connectivity index is 1.67. The minimum Gasteiger partial charge on any atom is -0.378 e. The Morgan fingerprint density at radius 3 is 2.30 bits per heavy atom. The maximum Gasteiger partial charge on any atom is 0.418 e. The molecule has 1 aromatic heterocycles. The van der Waals surface area contributed by atoms with Crippen molar-refractivity contribution < 1.29 is 40.7 Å². The first-order valence-electron chi connectivity index (χ1n) is 11.8. The molecule has 0 radical (unpaired) electrons. The predicted molar refractivity (Wildman–Crippen MR) is 136 cm³/mol. The van der Waals surface area contributed by atoms with E-state index in [1.54, 1.807) is 12.1 Å². The number of carbonyl (C=O) groups excluding carboxylic acids is 2. The first kappa shape index (κ1) is 29.2. The molecule has 2 amide bonds. The molecule has 0 unspecified atom stereocenters. The molecule has 0 atom stereocenters. The Morgan fingerprint density at radius 1 is 0.925 bits per heavy atom.